The van der Waals surface area contributed by atoms with E-state index in [0.717, 1.165) is 11.3 Å². The standard InChI is InChI=1S/C10H15NO3/c1-7-6-9(14-8(7)2)10(12)11-4-5-13-3/h6H,4-5H2,1-3H3,(H,11,12). The van der Waals surface area contributed by atoms with Gasteiger partial charge in [-0.15, -0.1) is 0 Å². The number of ether oxygens (including phenoxy) is 1. The second-order valence-electron chi connectivity index (χ2n) is 3.10. The van der Waals surface area contributed by atoms with Gasteiger partial charge >= 0.3 is 0 Å². The molecule has 1 amide bonds. The molecule has 0 atom stereocenters. The van der Waals surface area contributed by atoms with Crippen LogP contribution in [0.4, 0.5) is 0 Å². The van der Waals surface area contributed by atoms with Gasteiger partial charge in [0.2, 0.25) is 0 Å². The van der Waals surface area contributed by atoms with Crippen LogP contribution >= 0.6 is 0 Å². The van der Waals surface area contributed by atoms with Crippen molar-refractivity contribution in [1.29, 1.82) is 0 Å². The Hall–Kier alpha value is -1.29. The minimum Gasteiger partial charge on any atom is -0.456 e. The predicted octanol–water partition coefficient (Wildman–Crippen LogP) is 1.27. The highest BCUT2D eigenvalue weighted by Crippen LogP contribution is 2.12. The van der Waals surface area contributed by atoms with Crippen LogP contribution in [0.3, 0.4) is 0 Å². The van der Waals surface area contributed by atoms with E-state index in [4.69, 9.17) is 9.15 Å². The number of carbonyl (C=O) groups excluding carboxylic acids is 1. The Bertz CT molecular complexity index is 298. The van der Waals surface area contributed by atoms with Gasteiger partial charge in [0.25, 0.3) is 5.91 Å². The summed E-state index contributed by atoms with van der Waals surface area (Å²) in [7, 11) is 1.59. The molecule has 0 unspecified atom stereocenters. The van der Waals surface area contributed by atoms with E-state index in [9.17, 15) is 4.79 Å². The first-order valence-electron chi connectivity index (χ1n) is 4.49. The molecule has 78 valence electrons. The van der Waals surface area contributed by atoms with Crippen molar-refractivity contribution in [1.82, 2.24) is 5.32 Å². The maximum Gasteiger partial charge on any atom is 0.287 e. The molecule has 0 saturated carbocycles. The van der Waals surface area contributed by atoms with Gasteiger partial charge in [-0.3, -0.25) is 4.79 Å². The lowest BCUT2D eigenvalue weighted by atomic mass is 10.3. The number of carbonyl (C=O) groups is 1. The molecule has 0 aromatic carbocycles. The molecule has 4 nitrogen and oxygen atoms in total. The average molecular weight is 197 g/mol. The van der Waals surface area contributed by atoms with E-state index in [1.807, 2.05) is 13.8 Å². The fourth-order valence-corrected chi connectivity index (χ4v) is 1.04. The molecular weight excluding hydrogens is 182 g/mol. The molecule has 0 radical (unpaired) electrons. The molecule has 1 rings (SSSR count). The van der Waals surface area contributed by atoms with Gasteiger partial charge < -0.3 is 14.5 Å². The lowest BCUT2D eigenvalue weighted by molar-refractivity contribution is 0.0908. The molecule has 0 fully saturated rings. The Balaban J connectivity index is 2.52. The van der Waals surface area contributed by atoms with Crippen molar-refractivity contribution in [2.75, 3.05) is 20.3 Å². The quantitative estimate of drug-likeness (QED) is 0.739. The van der Waals surface area contributed by atoms with Gasteiger partial charge in [0.05, 0.1) is 6.61 Å². The zero-order valence-electron chi connectivity index (χ0n) is 8.72. The second-order valence-corrected chi connectivity index (χ2v) is 3.10. The van der Waals surface area contributed by atoms with Crippen LogP contribution in [0.25, 0.3) is 0 Å². The van der Waals surface area contributed by atoms with Crippen molar-refractivity contribution in [3.8, 4) is 0 Å². The third-order valence-electron chi connectivity index (χ3n) is 1.98. The lowest BCUT2D eigenvalue weighted by Gasteiger charge is -2.00. The van der Waals surface area contributed by atoms with Crippen LogP contribution in [-0.4, -0.2) is 26.2 Å². The summed E-state index contributed by atoms with van der Waals surface area (Å²) in [5.41, 5.74) is 0.988. The molecule has 0 bridgehead atoms. The zero-order chi connectivity index (χ0) is 10.6. The van der Waals surface area contributed by atoms with Crippen molar-refractivity contribution >= 4 is 5.91 Å². The molecule has 0 aliphatic carbocycles. The van der Waals surface area contributed by atoms with E-state index in [2.05, 4.69) is 5.32 Å². The van der Waals surface area contributed by atoms with Gasteiger partial charge in [0.1, 0.15) is 5.76 Å². The van der Waals surface area contributed by atoms with Gasteiger partial charge in [0.15, 0.2) is 5.76 Å². The van der Waals surface area contributed by atoms with Crippen LogP contribution in [0, 0.1) is 13.8 Å². The van der Waals surface area contributed by atoms with Gasteiger partial charge in [-0.2, -0.15) is 0 Å². The summed E-state index contributed by atoms with van der Waals surface area (Å²) in [6, 6.07) is 1.73. The largest absolute Gasteiger partial charge is 0.456 e. The fourth-order valence-electron chi connectivity index (χ4n) is 1.04. The smallest absolute Gasteiger partial charge is 0.287 e. The third kappa shape index (κ3) is 2.60. The monoisotopic (exact) mass is 197 g/mol. The van der Waals surface area contributed by atoms with Crippen LogP contribution in [0.1, 0.15) is 21.9 Å². The molecular formula is C10H15NO3. The Labute approximate surface area is 83.2 Å². The molecule has 1 N–H and O–H groups in total. The van der Waals surface area contributed by atoms with Gasteiger partial charge in [-0.25, -0.2) is 0 Å². The zero-order valence-corrected chi connectivity index (χ0v) is 8.72. The summed E-state index contributed by atoms with van der Waals surface area (Å²) in [4.78, 5) is 11.4. The second kappa shape index (κ2) is 4.81. The van der Waals surface area contributed by atoms with Crippen LogP contribution in [0.15, 0.2) is 10.5 Å². The SMILES string of the molecule is COCCNC(=O)c1cc(C)c(C)o1. The molecule has 4 heteroatoms. The average Bonchev–Trinajstić information content (AvgIpc) is 2.47. The molecule has 0 spiro atoms. The molecule has 1 aromatic heterocycles. The van der Waals surface area contributed by atoms with Gasteiger partial charge in [-0.1, -0.05) is 0 Å². The van der Waals surface area contributed by atoms with Crippen LogP contribution < -0.4 is 5.32 Å². The minimum atomic E-state index is -0.196. The van der Waals surface area contributed by atoms with Crippen LogP contribution in [0.5, 0.6) is 0 Å². The van der Waals surface area contributed by atoms with E-state index >= 15 is 0 Å². The Morgan fingerprint density at radius 2 is 2.29 bits per heavy atom. The predicted molar refractivity (Wildman–Crippen MR) is 52.4 cm³/mol. The van der Waals surface area contributed by atoms with Crippen LogP contribution in [0.2, 0.25) is 0 Å². The first-order valence-corrected chi connectivity index (χ1v) is 4.49. The highest BCUT2D eigenvalue weighted by molar-refractivity contribution is 5.91. The first-order chi connectivity index (χ1) is 6.65. The minimum absolute atomic E-state index is 0.196. The molecule has 14 heavy (non-hydrogen) atoms. The summed E-state index contributed by atoms with van der Waals surface area (Å²) < 4.78 is 10.1. The van der Waals surface area contributed by atoms with Crippen molar-refractivity contribution in [2.24, 2.45) is 0 Å². The maximum atomic E-state index is 11.4. The summed E-state index contributed by atoms with van der Waals surface area (Å²) in [5, 5.41) is 2.68. The third-order valence-corrected chi connectivity index (χ3v) is 1.98. The fraction of sp³-hybridized carbons (Fsp3) is 0.500. The Morgan fingerprint density at radius 3 is 2.79 bits per heavy atom. The molecule has 1 aromatic rings. The topological polar surface area (TPSA) is 51.5 Å². The molecule has 0 saturated heterocycles. The molecule has 1 heterocycles. The number of hydrogen-bond donors (Lipinski definition) is 1. The first kappa shape index (κ1) is 10.8. The number of rotatable bonds is 4. The number of amides is 1. The normalized spacial score (nSPS) is 10.2. The number of methoxy groups -OCH3 is 1. The van der Waals surface area contributed by atoms with Gasteiger partial charge in [-0.05, 0) is 25.5 Å². The van der Waals surface area contributed by atoms with Gasteiger partial charge in [0, 0.05) is 13.7 Å². The maximum absolute atomic E-state index is 11.4. The summed E-state index contributed by atoms with van der Waals surface area (Å²) in [5.74, 6) is 0.941. The summed E-state index contributed by atoms with van der Waals surface area (Å²) in [6.45, 7) is 4.74. The molecule has 0 aliphatic heterocycles. The van der Waals surface area contributed by atoms with E-state index in [0.29, 0.717) is 18.9 Å². The van der Waals surface area contributed by atoms with Crippen LogP contribution in [-0.2, 0) is 4.74 Å². The summed E-state index contributed by atoms with van der Waals surface area (Å²) >= 11 is 0. The van der Waals surface area contributed by atoms with E-state index in [1.54, 1.807) is 13.2 Å². The number of nitrogens with one attached hydrogen (secondary N) is 1. The van der Waals surface area contributed by atoms with E-state index in [1.165, 1.54) is 0 Å². The Kier molecular flexibility index (Phi) is 3.71. The number of furan rings is 1. The van der Waals surface area contributed by atoms with E-state index in [-0.39, 0.29) is 5.91 Å². The summed E-state index contributed by atoms with van der Waals surface area (Å²) in [6.07, 6.45) is 0. The van der Waals surface area contributed by atoms with Crippen molar-refractivity contribution < 1.29 is 13.9 Å². The Morgan fingerprint density at radius 1 is 1.57 bits per heavy atom. The highest BCUT2D eigenvalue weighted by Gasteiger charge is 2.11. The number of aryl methyl sites for hydroxylation is 2. The molecule has 0 aliphatic rings. The van der Waals surface area contributed by atoms with E-state index < -0.39 is 0 Å². The van der Waals surface area contributed by atoms with Crippen molar-refractivity contribution in [3.05, 3.63) is 23.2 Å². The lowest BCUT2D eigenvalue weighted by Crippen LogP contribution is -2.26. The van der Waals surface area contributed by atoms with Crippen molar-refractivity contribution in [3.63, 3.8) is 0 Å². The number of hydrogen-bond acceptors (Lipinski definition) is 3. The van der Waals surface area contributed by atoms with Crippen molar-refractivity contribution in [2.45, 2.75) is 13.8 Å². The highest BCUT2D eigenvalue weighted by atomic mass is 16.5.